The number of fused-ring (bicyclic) bond motifs is 4. The lowest BCUT2D eigenvalue weighted by Crippen LogP contribution is -2.56. The van der Waals surface area contributed by atoms with Gasteiger partial charge in [-0.3, -0.25) is 14.4 Å². The van der Waals surface area contributed by atoms with Crippen LogP contribution < -0.4 is 15.1 Å². The Balaban J connectivity index is 1.89. The second-order valence-corrected chi connectivity index (χ2v) is 9.40. The van der Waals surface area contributed by atoms with E-state index in [1.807, 2.05) is 18.2 Å². The molecule has 2 amide bonds. The zero-order valence-electron chi connectivity index (χ0n) is 17.6. The molecule has 1 saturated heterocycles. The Morgan fingerprint density at radius 2 is 1.75 bits per heavy atom. The Labute approximate surface area is 198 Å². The predicted octanol–water partition coefficient (Wildman–Crippen LogP) is 2.65. The third kappa shape index (κ3) is 2.20. The van der Waals surface area contributed by atoms with Gasteiger partial charge in [-0.05, 0) is 25.1 Å². The number of carbonyl (C=O) groups is 3. The topological polar surface area (TPSA) is 79.0 Å². The number of likely N-dealkylation sites (N-methyl/N-ethyl adjacent to an activating group) is 2. The van der Waals surface area contributed by atoms with E-state index in [0.717, 1.165) is 0 Å². The fourth-order valence-electron chi connectivity index (χ4n) is 5.52. The normalized spacial score (nSPS) is 27.9. The number of para-hydroxylation sites is 1. The van der Waals surface area contributed by atoms with Gasteiger partial charge in [0.2, 0.25) is 5.91 Å². The summed E-state index contributed by atoms with van der Waals surface area (Å²) in [5.41, 5.74) is -0.681. The summed E-state index contributed by atoms with van der Waals surface area (Å²) >= 11 is 9.38. The maximum Gasteiger partial charge on any atom is 0.314 e. The van der Waals surface area contributed by atoms with Crippen molar-refractivity contribution in [3.63, 3.8) is 0 Å². The first-order valence-electron chi connectivity index (χ1n) is 10.2. The molecule has 2 aromatic rings. The number of esters is 1. The lowest BCUT2D eigenvalue weighted by Gasteiger charge is -2.34. The molecule has 7 nitrogen and oxygen atoms in total. The Hall–Kier alpha value is -2.78. The van der Waals surface area contributed by atoms with Gasteiger partial charge in [-0.25, -0.2) is 0 Å². The predicted molar refractivity (Wildman–Crippen MR) is 127 cm³/mol. The van der Waals surface area contributed by atoms with Crippen LogP contribution in [0.25, 0.3) is 0 Å². The average Bonchev–Trinajstić information content (AvgIpc) is 3.27. The number of halogens is 1. The highest BCUT2D eigenvalue weighted by Gasteiger charge is 2.76. The van der Waals surface area contributed by atoms with E-state index in [0.29, 0.717) is 27.0 Å². The molecule has 3 heterocycles. The molecule has 3 atom stereocenters. The molecule has 0 aliphatic carbocycles. The molecule has 9 heteroatoms. The van der Waals surface area contributed by atoms with Crippen LogP contribution in [-0.4, -0.2) is 43.5 Å². The zero-order valence-corrected chi connectivity index (χ0v) is 20.0. The third-order valence-electron chi connectivity index (χ3n) is 6.78. The average molecular weight is 514 g/mol. The van der Waals surface area contributed by atoms with E-state index in [4.69, 9.17) is 17.0 Å². The van der Waals surface area contributed by atoms with Gasteiger partial charge in [0, 0.05) is 41.1 Å². The summed E-state index contributed by atoms with van der Waals surface area (Å²) in [6.45, 7) is 1.80. The van der Waals surface area contributed by atoms with Crippen LogP contribution >= 0.6 is 28.1 Å². The number of thiocarbonyl (C=S) groups is 1. The summed E-state index contributed by atoms with van der Waals surface area (Å²) in [4.78, 5) is 44.6. The van der Waals surface area contributed by atoms with Crippen molar-refractivity contribution in [3.8, 4) is 0 Å². The molecule has 0 bridgehead atoms. The van der Waals surface area contributed by atoms with Gasteiger partial charge in [-0.1, -0.05) is 52.4 Å². The minimum atomic E-state index is -1.58. The van der Waals surface area contributed by atoms with Gasteiger partial charge in [0.1, 0.15) is 11.3 Å². The van der Waals surface area contributed by atoms with Crippen molar-refractivity contribution in [1.82, 2.24) is 5.32 Å². The van der Waals surface area contributed by atoms with Crippen LogP contribution in [0.15, 0.2) is 46.9 Å². The van der Waals surface area contributed by atoms with Crippen LogP contribution in [0.5, 0.6) is 0 Å². The SMILES string of the molecule is CCOC(=O)[C@H]1[C@]2(C(=O)N(C)c3cccc(Br)c32)C(=S)N[C@]12C(=O)N(C)c1ccccc12. The molecule has 32 heavy (non-hydrogen) atoms. The van der Waals surface area contributed by atoms with E-state index in [2.05, 4.69) is 21.2 Å². The fraction of sp³-hybridized carbons (Fsp3) is 0.304. The number of benzene rings is 2. The molecular weight excluding hydrogens is 494 g/mol. The maximum atomic E-state index is 14.0. The van der Waals surface area contributed by atoms with Gasteiger partial charge < -0.3 is 19.9 Å². The van der Waals surface area contributed by atoms with Crippen LogP contribution in [0.1, 0.15) is 18.1 Å². The largest absolute Gasteiger partial charge is 0.466 e. The van der Waals surface area contributed by atoms with Crippen LogP contribution in [0.2, 0.25) is 0 Å². The van der Waals surface area contributed by atoms with E-state index < -0.39 is 22.8 Å². The highest BCUT2D eigenvalue weighted by atomic mass is 79.9. The monoisotopic (exact) mass is 513 g/mol. The standard InChI is InChI=1S/C23H20BrN3O4S/c1-4-31-18(28)17-22(16-13(24)9-7-11-15(16)27(3)20(22)29)19(32)25-23(17)12-8-5-6-10-14(12)26(2)21(23)30/h5-11,17H,4H2,1-3H3,(H,25,32)/t17-,22-,23-/m0/s1. The van der Waals surface area contributed by atoms with E-state index in [1.165, 1.54) is 9.80 Å². The molecular formula is C23H20BrN3O4S. The summed E-state index contributed by atoms with van der Waals surface area (Å²) in [6.07, 6.45) is 0. The van der Waals surface area contributed by atoms with Crippen molar-refractivity contribution >= 4 is 62.3 Å². The van der Waals surface area contributed by atoms with Crippen molar-refractivity contribution in [2.45, 2.75) is 17.9 Å². The van der Waals surface area contributed by atoms with Crippen LogP contribution in [0.4, 0.5) is 11.4 Å². The summed E-state index contributed by atoms with van der Waals surface area (Å²) in [6, 6.07) is 12.7. The van der Waals surface area contributed by atoms with Crippen LogP contribution in [0.3, 0.4) is 0 Å². The molecule has 1 N–H and O–H groups in total. The Bertz CT molecular complexity index is 1230. The first kappa shape index (κ1) is 21.1. The Morgan fingerprint density at radius 1 is 1.09 bits per heavy atom. The highest BCUT2D eigenvalue weighted by molar-refractivity contribution is 9.10. The molecule has 5 rings (SSSR count). The van der Waals surface area contributed by atoms with Gasteiger partial charge in [-0.15, -0.1) is 0 Å². The van der Waals surface area contributed by atoms with Crippen molar-refractivity contribution in [2.75, 3.05) is 30.5 Å². The fourth-order valence-corrected chi connectivity index (χ4v) is 6.65. The minimum Gasteiger partial charge on any atom is -0.466 e. The molecule has 3 aliphatic rings. The summed E-state index contributed by atoms with van der Waals surface area (Å²) < 4.78 is 6.12. The van der Waals surface area contributed by atoms with Gasteiger partial charge in [0.05, 0.1) is 11.6 Å². The first-order valence-corrected chi connectivity index (χ1v) is 11.4. The first-order chi connectivity index (χ1) is 15.2. The van der Waals surface area contributed by atoms with E-state index >= 15 is 0 Å². The molecule has 164 valence electrons. The number of ether oxygens (including phenoxy) is 1. The molecule has 0 aromatic heterocycles. The highest BCUT2D eigenvalue weighted by Crippen LogP contribution is 2.60. The minimum absolute atomic E-state index is 0.104. The molecule has 0 unspecified atom stereocenters. The molecule has 1 fully saturated rings. The van der Waals surface area contributed by atoms with Gasteiger partial charge in [-0.2, -0.15) is 0 Å². The lowest BCUT2D eigenvalue weighted by molar-refractivity contribution is -0.156. The molecule has 2 spiro atoms. The van der Waals surface area contributed by atoms with E-state index in [1.54, 1.807) is 45.3 Å². The second-order valence-electron chi connectivity index (χ2n) is 8.13. The van der Waals surface area contributed by atoms with Crippen LogP contribution in [-0.2, 0) is 30.1 Å². The van der Waals surface area contributed by atoms with Crippen molar-refractivity contribution in [3.05, 3.63) is 58.1 Å². The number of rotatable bonds is 2. The Morgan fingerprint density at radius 3 is 2.47 bits per heavy atom. The third-order valence-corrected chi connectivity index (χ3v) is 7.86. The number of hydrogen-bond donors (Lipinski definition) is 1. The quantitative estimate of drug-likeness (QED) is 0.491. The van der Waals surface area contributed by atoms with Crippen molar-refractivity contribution in [1.29, 1.82) is 0 Å². The second kappa shape index (κ2) is 6.86. The molecule has 0 saturated carbocycles. The maximum absolute atomic E-state index is 14.0. The van der Waals surface area contributed by atoms with Gasteiger partial charge in [0.15, 0.2) is 5.54 Å². The molecule has 0 radical (unpaired) electrons. The summed E-state index contributed by atoms with van der Waals surface area (Å²) in [5.74, 6) is -2.60. The summed E-state index contributed by atoms with van der Waals surface area (Å²) in [7, 11) is 3.30. The van der Waals surface area contributed by atoms with E-state index in [9.17, 15) is 14.4 Å². The Kier molecular flexibility index (Phi) is 4.52. The molecule has 2 aromatic carbocycles. The van der Waals surface area contributed by atoms with Crippen molar-refractivity contribution in [2.24, 2.45) is 5.92 Å². The smallest absolute Gasteiger partial charge is 0.314 e. The number of nitrogens with zero attached hydrogens (tertiary/aromatic N) is 2. The van der Waals surface area contributed by atoms with Crippen LogP contribution in [0, 0.1) is 5.92 Å². The van der Waals surface area contributed by atoms with E-state index in [-0.39, 0.29) is 23.4 Å². The number of nitrogens with one attached hydrogen (secondary N) is 1. The van der Waals surface area contributed by atoms with Gasteiger partial charge >= 0.3 is 5.97 Å². The zero-order chi connectivity index (χ0) is 23.0. The number of hydrogen-bond acceptors (Lipinski definition) is 5. The molecule has 3 aliphatic heterocycles. The van der Waals surface area contributed by atoms with Crippen molar-refractivity contribution < 1.29 is 19.1 Å². The summed E-state index contributed by atoms with van der Waals surface area (Å²) in [5, 5.41) is 3.18. The number of amides is 2. The number of anilines is 2. The lowest BCUT2D eigenvalue weighted by atomic mass is 9.65. The van der Waals surface area contributed by atoms with Gasteiger partial charge in [0.25, 0.3) is 5.91 Å². The number of carbonyl (C=O) groups excluding carboxylic acids is 3.